The minimum absolute atomic E-state index is 0.0272. The number of rotatable bonds is 3. The van der Waals surface area contributed by atoms with Crippen molar-refractivity contribution in [1.82, 2.24) is 19.2 Å². The van der Waals surface area contributed by atoms with Gasteiger partial charge >= 0.3 is 12.1 Å². The summed E-state index contributed by atoms with van der Waals surface area (Å²) in [7, 11) is 0. The van der Waals surface area contributed by atoms with Crippen molar-refractivity contribution in [2.45, 2.75) is 13.1 Å². The lowest BCUT2D eigenvalue weighted by Crippen LogP contribution is -2.35. The van der Waals surface area contributed by atoms with Gasteiger partial charge in [0, 0.05) is 5.22 Å². The van der Waals surface area contributed by atoms with Crippen LogP contribution >= 0.6 is 0 Å². The Bertz CT molecular complexity index is 1980. The number of para-hydroxylation sites is 2. The van der Waals surface area contributed by atoms with Crippen molar-refractivity contribution in [2.75, 3.05) is 0 Å². The normalized spacial score (nSPS) is 12.4. The average molecular weight is 505 g/mol. The van der Waals surface area contributed by atoms with E-state index >= 15 is 0 Å². The number of alkyl halides is 3. The summed E-state index contributed by atoms with van der Waals surface area (Å²) in [4.78, 5) is 42.3. The Labute approximate surface area is 203 Å². The van der Waals surface area contributed by atoms with Crippen LogP contribution in [0.1, 0.15) is 32.7 Å². The molecule has 9 nitrogen and oxygen atoms in total. The summed E-state index contributed by atoms with van der Waals surface area (Å²) in [6, 6.07) is 13.3. The number of hydrogen-bond acceptors (Lipinski definition) is 5. The van der Waals surface area contributed by atoms with Crippen LogP contribution in [0.15, 0.2) is 58.1 Å². The van der Waals surface area contributed by atoms with E-state index in [1.807, 2.05) is 11.2 Å². The van der Waals surface area contributed by atoms with Gasteiger partial charge < -0.3 is 5.11 Å². The number of nitriles is 1. The SMILES string of the molecule is Cc1c(C#N)c2nc3ccccc3n2c(=O)/c1=C\c1c(C(F)(F)F)[nH]n(-c2cccc(C(=O)O)c2)c1=O. The van der Waals surface area contributed by atoms with Crippen molar-refractivity contribution in [3.63, 3.8) is 0 Å². The number of nitrogens with zero attached hydrogens (tertiary/aromatic N) is 4. The third kappa shape index (κ3) is 3.64. The second-order valence-corrected chi connectivity index (χ2v) is 8.13. The van der Waals surface area contributed by atoms with Gasteiger partial charge in [0.05, 0.1) is 33.4 Å². The van der Waals surface area contributed by atoms with E-state index in [0.717, 1.165) is 16.5 Å². The second kappa shape index (κ2) is 8.20. The maximum absolute atomic E-state index is 14.0. The first-order valence-corrected chi connectivity index (χ1v) is 10.6. The topological polar surface area (TPSA) is 133 Å². The highest BCUT2D eigenvalue weighted by molar-refractivity contribution is 5.88. The van der Waals surface area contributed by atoms with E-state index in [4.69, 9.17) is 0 Å². The number of aromatic carboxylic acids is 1. The van der Waals surface area contributed by atoms with E-state index in [1.54, 1.807) is 24.3 Å². The van der Waals surface area contributed by atoms with Gasteiger partial charge in [-0.05, 0) is 48.9 Å². The third-order valence-corrected chi connectivity index (χ3v) is 5.96. The molecule has 37 heavy (non-hydrogen) atoms. The molecule has 5 aromatic rings. The number of carboxylic acids is 1. The van der Waals surface area contributed by atoms with Crippen LogP contribution in [-0.4, -0.2) is 30.2 Å². The van der Waals surface area contributed by atoms with Crippen molar-refractivity contribution in [2.24, 2.45) is 0 Å². The molecular formula is C25H14F3N5O4. The van der Waals surface area contributed by atoms with E-state index in [9.17, 15) is 37.9 Å². The van der Waals surface area contributed by atoms with Crippen molar-refractivity contribution >= 4 is 28.7 Å². The number of imidazole rings is 1. The highest BCUT2D eigenvalue weighted by Gasteiger charge is 2.37. The number of H-pyrrole nitrogens is 1. The third-order valence-electron chi connectivity index (χ3n) is 5.96. The molecule has 0 aliphatic rings. The van der Waals surface area contributed by atoms with E-state index in [2.05, 4.69) is 4.98 Å². The standard InChI is InChI=1S/C25H14F3N5O4/c1-12-15(22(34)32-19-8-3-2-7-18(19)30-21(32)17(12)11-29)10-16-20(25(26,27)28)31-33(23(16)35)14-6-4-5-13(9-14)24(36)37/h2-10,31H,1H3,(H,36,37)/b15-10-. The Hall–Kier alpha value is -5.18. The molecule has 0 aliphatic carbocycles. The van der Waals surface area contributed by atoms with E-state index in [-0.39, 0.29) is 33.2 Å². The van der Waals surface area contributed by atoms with Crippen molar-refractivity contribution in [1.29, 1.82) is 5.26 Å². The fourth-order valence-corrected chi connectivity index (χ4v) is 4.19. The molecule has 184 valence electrons. The lowest BCUT2D eigenvalue weighted by molar-refractivity contribution is -0.141. The van der Waals surface area contributed by atoms with Gasteiger partial charge in [-0.3, -0.25) is 19.1 Å². The lowest BCUT2D eigenvalue weighted by Gasteiger charge is -2.06. The molecule has 2 N–H and O–H groups in total. The first-order valence-electron chi connectivity index (χ1n) is 10.6. The summed E-state index contributed by atoms with van der Waals surface area (Å²) in [5.74, 6) is -1.33. The second-order valence-electron chi connectivity index (χ2n) is 8.13. The molecule has 0 bridgehead atoms. The zero-order valence-corrected chi connectivity index (χ0v) is 18.8. The predicted octanol–water partition coefficient (Wildman–Crippen LogP) is 2.77. The molecule has 5 rings (SSSR count). The Kier molecular flexibility index (Phi) is 5.22. The smallest absolute Gasteiger partial charge is 0.433 e. The number of aromatic amines is 1. The van der Waals surface area contributed by atoms with Crippen LogP contribution in [-0.2, 0) is 6.18 Å². The monoisotopic (exact) mass is 505 g/mol. The molecule has 0 fully saturated rings. The minimum Gasteiger partial charge on any atom is -0.478 e. The number of fused-ring (bicyclic) bond motifs is 3. The maximum atomic E-state index is 14.0. The van der Waals surface area contributed by atoms with Gasteiger partial charge in [0.2, 0.25) is 0 Å². The van der Waals surface area contributed by atoms with Gasteiger partial charge in [0.15, 0.2) is 5.65 Å². The molecule has 3 aromatic heterocycles. The Balaban J connectivity index is 1.89. The highest BCUT2D eigenvalue weighted by atomic mass is 19.4. The van der Waals surface area contributed by atoms with Crippen LogP contribution in [0, 0.1) is 18.3 Å². The first-order chi connectivity index (χ1) is 17.5. The van der Waals surface area contributed by atoms with Crippen molar-refractivity contribution < 1.29 is 23.1 Å². The Morgan fingerprint density at radius 3 is 2.54 bits per heavy atom. The van der Waals surface area contributed by atoms with Gasteiger partial charge in [0.25, 0.3) is 11.1 Å². The average Bonchev–Trinajstić information content (AvgIpc) is 3.40. The minimum atomic E-state index is -5.03. The maximum Gasteiger partial charge on any atom is 0.433 e. The summed E-state index contributed by atoms with van der Waals surface area (Å²) in [6.45, 7) is 1.39. The molecule has 2 aromatic carbocycles. The lowest BCUT2D eigenvalue weighted by atomic mass is 10.1. The van der Waals surface area contributed by atoms with Crippen molar-refractivity contribution in [3.05, 3.63) is 102 Å². The number of benzene rings is 2. The number of halogens is 3. The number of nitrogens with one attached hydrogen (secondary N) is 1. The van der Waals surface area contributed by atoms with Gasteiger partial charge in [-0.2, -0.15) is 18.4 Å². The van der Waals surface area contributed by atoms with Crippen molar-refractivity contribution in [3.8, 4) is 11.8 Å². The molecule has 0 spiro atoms. The van der Waals surface area contributed by atoms with E-state index in [0.29, 0.717) is 15.7 Å². The number of carbonyl (C=O) groups is 1. The van der Waals surface area contributed by atoms with Crippen LogP contribution in [0.3, 0.4) is 0 Å². The van der Waals surface area contributed by atoms with Crippen LogP contribution in [0.4, 0.5) is 13.2 Å². The Morgan fingerprint density at radius 2 is 1.86 bits per heavy atom. The molecule has 0 saturated carbocycles. The zero-order valence-electron chi connectivity index (χ0n) is 18.8. The summed E-state index contributed by atoms with van der Waals surface area (Å²) in [5.41, 5.74) is -3.79. The van der Waals surface area contributed by atoms with Gasteiger partial charge in [-0.15, -0.1) is 0 Å². The molecule has 0 atom stereocenters. The van der Waals surface area contributed by atoms with E-state index < -0.39 is 34.5 Å². The number of hydrogen-bond donors (Lipinski definition) is 2. The summed E-state index contributed by atoms with van der Waals surface area (Å²) >= 11 is 0. The molecule has 3 heterocycles. The fourth-order valence-electron chi connectivity index (χ4n) is 4.19. The Morgan fingerprint density at radius 1 is 1.14 bits per heavy atom. The van der Waals surface area contributed by atoms with E-state index in [1.165, 1.54) is 25.1 Å². The largest absolute Gasteiger partial charge is 0.478 e. The van der Waals surface area contributed by atoms with Gasteiger partial charge in [0.1, 0.15) is 11.8 Å². The summed E-state index contributed by atoms with van der Waals surface area (Å²) < 4.78 is 43.6. The van der Waals surface area contributed by atoms with Gasteiger partial charge in [-0.25, -0.2) is 14.5 Å². The summed E-state index contributed by atoms with van der Waals surface area (Å²) in [6.07, 6.45) is -4.23. The molecule has 0 saturated heterocycles. The van der Waals surface area contributed by atoms with Crippen LogP contribution < -0.4 is 16.3 Å². The molecule has 0 amide bonds. The molecule has 0 aliphatic heterocycles. The summed E-state index contributed by atoms with van der Waals surface area (Å²) in [5, 5.41) is 20.7. The van der Waals surface area contributed by atoms with Crippen LogP contribution in [0.2, 0.25) is 0 Å². The highest BCUT2D eigenvalue weighted by Crippen LogP contribution is 2.30. The molecular weight excluding hydrogens is 491 g/mol. The number of carboxylic acid groups (broad SMARTS) is 1. The molecule has 12 heteroatoms. The fraction of sp³-hybridized carbons (Fsp3) is 0.0800. The first kappa shape index (κ1) is 23.6. The number of aromatic nitrogens is 4. The van der Waals surface area contributed by atoms with Crippen LogP contribution in [0.5, 0.6) is 0 Å². The number of pyridine rings is 1. The predicted molar refractivity (Wildman–Crippen MR) is 126 cm³/mol. The molecule has 0 unspecified atom stereocenters. The zero-order chi connectivity index (χ0) is 26.6. The van der Waals surface area contributed by atoms with Gasteiger partial charge in [-0.1, -0.05) is 18.2 Å². The van der Waals surface area contributed by atoms with Crippen LogP contribution in [0.25, 0.3) is 28.4 Å². The molecule has 0 radical (unpaired) electrons. The quantitative estimate of drug-likeness (QED) is 0.388.